The van der Waals surface area contributed by atoms with Gasteiger partial charge in [-0.3, -0.25) is 0 Å². The summed E-state index contributed by atoms with van der Waals surface area (Å²) in [7, 11) is 0. The average Bonchev–Trinajstić information content (AvgIpc) is 2.33. The van der Waals surface area contributed by atoms with Crippen LogP contribution in [0.15, 0.2) is 12.1 Å². The van der Waals surface area contributed by atoms with E-state index < -0.39 is 0 Å². The van der Waals surface area contributed by atoms with Gasteiger partial charge in [-0.05, 0) is 45.7 Å². The van der Waals surface area contributed by atoms with E-state index in [0.717, 1.165) is 11.3 Å². The molecular formula is C16H20ClN3. The van der Waals surface area contributed by atoms with Gasteiger partial charge >= 0.3 is 0 Å². The fourth-order valence-corrected chi connectivity index (χ4v) is 2.68. The van der Waals surface area contributed by atoms with E-state index in [0.29, 0.717) is 17.5 Å². The van der Waals surface area contributed by atoms with E-state index in [-0.39, 0.29) is 0 Å². The van der Waals surface area contributed by atoms with Gasteiger partial charge in [-0.2, -0.15) is 0 Å². The number of rotatable bonds is 3. The van der Waals surface area contributed by atoms with E-state index in [1.807, 2.05) is 13.8 Å². The molecule has 0 aliphatic heterocycles. The molecule has 3 nitrogen and oxygen atoms in total. The first-order chi connectivity index (χ1) is 9.38. The number of halogens is 1. The van der Waals surface area contributed by atoms with Gasteiger partial charge < -0.3 is 5.32 Å². The molecule has 0 spiro atoms. The molecule has 1 aromatic heterocycles. The molecule has 2 aromatic rings. The summed E-state index contributed by atoms with van der Waals surface area (Å²) in [6, 6.07) is 4.36. The summed E-state index contributed by atoms with van der Waals surface area (Å²) in [6.45, 7) is 10.8. The number of nitrogens with one attached hydrogen (secondary N) is 1. The van der Waals surface area contributed by atoms with Gasteiger partial charge in [0.1, 0.15) is 11.0 Å². The Hall–Kier alpha value is -1.61. The Balaban J connectivity index is 2.26. The monoisotopic (exact) mass is 289 g/mol. The van der Waals surface area contributed by atoms with Crippen LogP contribution in [0.4, 0.5) is 5.69 Å². The molecule has 1 aromatic carbocycles. The van der Waals surface area contributed by atoms with Crippen LogP contribution in [0.25, 0.3) is 0 Å². The highest BCUT2D eigenvalue weighted by molar-refractivity contribution is 6.30. The zero-order valence-electron chi connectivity index (χ0n) is 12.6. The molecule has 0 amide bonds. The lowest BCUT2D eigenvalue weighted by atomic mass is 10.0. The molecule has 20 heavy (non-hydrogen) atoms. The topological polar surface area (TPSA) is 37.8 Å². The molecule has 4 heteroatoms. The number of hydrogen-bond acceptors (Lipinski definition) is 3. The third-order valence-electron chi connectivity index (χ3n) is 3.41. The molecule has 1 heterocycles. The predicted octanol–water partition coefficient (Wildman–Crippen LogP) is 4.28. The number of benzene rings is 1. The van der Waals surface area contributed by atoms with Gasteiger partial charge in [0.2, 0.25) is 0 Å². The number of hydrogen-bond donors (Lipinski definition) is 1. The third kappa shape index (κ3) is 3.10. The Kier molecular flexibility index (Phi) is 4.29. The zero-order chi connectivity index (χ0) is 14.9. The van der Waals surface area contributed by atoms with Gasteiger partial charge in [-0.15, -0.1) is 0 Å². The minimum atomic E-state index is 0.534. The highest BCUT2D eigenvalue weighted by Crippen LogP contribution is 2.23. The van der Waals surface area contributed by atoms with Gasteiger partial charge in [0, 0.05) is 11.3 Å². The third-order valence-corrected chi connectivity index (χ3v) is 3.78. The van der Waals surface area contributed by atoms with Crippen LogP contribution in [0.5, 0.6) is 0 Å². The summed E-state index contributed by atoms with van der Waals surface area (Å²) in [5.41, 5.74) is 6.83. The summed E-state index contributed by atoms with van der Waals surface area (Å²) in [4.78, 5) is 8.63. The minimum absolute atomic E-state index is 0.534. The predicted molar refractivity (Wildman–Crippen MR) is 84.5 cm³/mol. The van der Waals surface area contributed by atoms with Crippen LogP contribution in [-0.2, 0) is 6.54 Å². The minimum Gasteiger partial charge on any atom is -0.379 e. The van der Waals surface area contributed by atoms with Crippen molar-refractivity contribution in [3.63, 3.8) is 0 Å². The Morgan fingerprint density at radius 1 is 1.00 bits per heavy atom. The Labute approximate surface area is 125 Å². The van der Waals surface area contributed by atoms with Gasteiger partial charge in [-0.1, -0.05) is 29.3 Å². The summed E-state index contributed by atoms with van der Waals surface area (Å²) in [6.07, 6.45) is 0. The zero-order valence-corrected chi connectivity index (χ0v) is 13.4. The number of aromatic nitrogens is 2. The molecule has 0 saturated heterocycles. The molecule has 0 aliphatic carbocycles. The molecule has 1 N–H and O–H groups in total. The maximum atomic E-state index is 6.11. The molecule has 0 radical (unpaired) electrons. The van der Waals surface area contributed by atoms with Gasteiger partial charge in [0.15, 0.2) is 0 Å². The Bertz CT molecular complexity index is 627. The summed E-state index contributed by atoms with van der Waals surface area (Å²) in [5, 5.41) is 4.01. The molecule has 0 saturated carbocycles. The van der Waals surface area contributed by atoms with E-state index in [2.05, 4.69) is 48.2 Å². The second kappa shape index (κ2) is 5.80. The number of anilines is 1. The molecule has 0 aliphatic rings. The van der Waals surface area contributed by atoms with Gasteiger partial charge in [-0.25, -0.2) is 9.97 Å². The van der Waals surface area contributed by atoms with E-state index in [1.165, 1.54) is 22.4 Å². The van der Waals surface area contributed by atoms with Crippen LogP contribution in [-0.4, -0.2) is 9.97 Å². The van der Waals surface area contributed by atoms with E-state index >= 15 is 0 Å². The normalized spacial score (nSPS) is 10.7. The van der Waals surface area contributed by atoms with Crippen LogP contribution in [0.3, 0.4) is 0 Å². The van der Waals surface area contributed by atoms with Crippen LogP contribution >= 0.6 is 11.6 Å². The summed E-state index contributed by atoms with van der Waals surface area (Å²) in [5.74, 6) is 0.703. The maximum Gasteiger partial charge on any atom is 0.136 e. The first kappa shape index (κ1) is 14.8. The standard InChI is InChI=1S/C16H20ClN3/c1-9-6-10(2)15(11(3)7-9)18-8-14-12(4)16(17)20-13(5)19-14/h6-7,18H,8H2,1-5H3. The molecular weight excluding hydrogens is 270 g/mol. The quantitative estimate of drug-likeness (QED) is 0.857. The van der Waals surface area contributed by atoms with Crippen molar-refractivity contribution in [2.75, 3.05) is 5.32 Å². The molecule has 0 fully saturated rings. The second-order valence-electron chi connectivity index (χ2n) is 5.26. The molecule has 2 rings (SSSR count). The Morgan fingerprint density at radius 3 is 2.20 bits per heavy atom. The van der Waals surface area contributed by atoms with Gasteiger partial charge in [0.05, 0.1) is 12.2 Å². The van der Waals surface area contributed by atoms with Crippen molar-refractivity contribution >= 4 is 17.3 Å². The lowest BCUT2D eigenvalue weighted by molar-refractivity contribution is 0.930. The SMILES string of the molecule is Cc1cc(C)c(NCc2nc(C)nc(Cl)c2C)c(C)c1. The Morgan fingerprint density at radius 2 is 1.60 bits per heavy atom. The first-order valence-electron chi connectivity index (χ1n) is 6.70. The number of aryl methyl sites for hydroxylation is 4. The number of nitrogens with zero attached hydrogens (tertiary/aromatic N) is 2. The summed E-state index contributed by atoms with van der Waals surface area (Å²) < 4.78 is 0. The van der Waals surface area contributed by atoms with Crippen molar-refractivity contribution in [2.45, 2.75) is 41.2 Å². The van der Waals surface area contributed by atoms with Crippen molar-refractivity contribution in [2.24, 2.45) is 0 Å². The molecule has 106 valence electrons. The van der Waals surface area contributed by atoms with Crippen LogP contribution in [0.2, 0.25) is 5.15 Å². The first-order valence-corrected chi connectivity index (χ1v) is 7.07. The maximum absolute atomic E-state index is 6.11. The lowest BCUT2D eigenvalue weighted by Crippen LogP contribution is -2.08. The van der Waals surface area contributed by atoms with Crippen LogP contribution in [0, 0.1) is 34.6 Å². The smallest absolute Gasteiger partial charge is 0.136 e. The van der Waals surface area contributed by atoms with E-state index in [1.54, 1.807) is 0 Å². The molecule has 0 bridgehead atoms. The highest BCUT2D eigenvalue weighted by Gasteiger charge is 2.09. The van der Waals surface area contributed by atoms with Crippen molar-refractivity contribution in [3.8, 4) is 0 Å². The fourth-order valence-electron chi connectivity index (χ4n) is 2.45. The van der Waals surface area contributed by atoms with E-state index in [4.69, 9.17) is 11.6 Å². The van der Waals surface area contributed by atoms with Gasteiger partial charge in [0.25, 0.3) is 0 Å². The molecule has 0 atom stereocenters. The fraction of sp³-hybridized carbons (Fsp3) is 0.375. The van der Waals surface area contributed by atoms with Crippen molar-refractivity contribution in [1.82, 2.24) is 9.97 Å². The van der Waals surface area contributed by atoms with Crippen molar-refractivity contribution < 1.29 is 0 Å². The van der Waals surface area contributed by atoms with Crippen molar-refractivity contribution in [3.05, 3.63) is 51.1 Å². The molecule has 0 unspecified atom stereocenters. The van der Waals surface area contributed by atoms with Crippen LogP contribution in [0.1, 0.15) is 33.8 Å². The summed E-state index contributed by atoms with van der Waals surface area (Å²) >= 11 is 6.11. The highest BCUT2D eigenvalue weighted by atomic mass is 35.5. The largest absolute Gasteiger partial charge is 0.379 e. The van der Waals surface area contributed by atoms with E-state index in [9.17, 15) is 0 Å². The lowest BCUT2D eigenvalue weighted by Gasteiger charge is -2.15. The average molecular weight is 290 g/mol. The van der Waals surface area contributed by atoms with Crippen molar-refractivity contribution in [1.29, 1.82) is 0 Å². The van der Waals surface area contributed by atoms with Crippen LogP contribution < -0.4 is 5.32 Å². The second-order valence-corrected chi connectivity index (χ2v) is 5.62.